The molecule has 0 aliphatic heterocycles. The monoisotopic (exact) mass is 306 g/mol. The van der Waals surface area contributed by atoms with E-state index in [2.05, 4.69) is 36.4 Å². The second-order valence-electron chi connectivity index (χ2n) is 5.27. The number of halogens is 2. The smallest absolute Gasteiger partial charge is 0.141 e. The molecule has 1 N–H and O–H groups in total. The molecule has 112 valence electrons. The van der Waals surface area contributed by atoms with Gasteiger partial charge in [-0.25, -0.2) is 4.39 Å². The predicted molar refractivity (Wildman–Crippen MR) is 86.0 cm³/mol. The lowest BCUT2D eigenvalue weighted by molar-refractivity contribution is 0.288. The highest BCUT2D eigenvalue weighted by molar-refractivity contribution is 6.30. The van der Waals surface area contributed by atoms with Crippen molar-refractivity contribution in [3.8, 4) is 0 Å². The number of likely N-dealkylation sites (N-methyl/N-ethyl adjacent to an activating group) is 1. The van der Waals surface area contributed by atoms with Crippen molar-refractivity contribution in [1.82, 2.24) is 10.2 Å². The van der Waals surface area contributed by atoms with Gasteiger partial charge in [-0.05, 0) is 37.4 Å². The van der Waals surface area contributed by atoms with Gasteiger partial charge in [0.25, 0.3) is 0 Å². The molecule has 0 bridgehead atoms. The maximum Gasteiger partial charge on any atom is 0.141 e. The minimum atomic E-state index is -0.379. The molecule has 0 heterocycles. The third kappa shape index (κ3) is 4.53. The zero-order chi connectivity index (χ0) is 15.2. The fraction of sp³-hybridized carbons (Fsp3) is 0.294. The molecule has 4 heteroatoms. The van der Waals surface area contributed by atoms with Gasteiger partial charge in [0.15, 0.2) is 0 Å². The number of nitrogens with zero attached hydrogens (tertiary/aromatic N) is 1. The summed E-state index contributed by atoms with van der Waals surface area (Å²) in [6.07, 6.45) is 0. The maximum absolute atomic E-state index is 13.1. The molecule has 1 unspecified atom stereocenters. The summed E-state index contributed by atoms with van der Waals surface area (Å²) in [6, 6.07) is 15.5. The molecular weight excluding hydrogens is 287 g/mol. The van der Waals surface area contributed by atoms with Crippen LogP contribution in [0.15, 0.2) is 48.5 Å². The van der Waals surface area contributed by atoms with Crippen molar-refractivity contribution >= 4 is 11.6 Å². The molecule has 0 amide bonds. The van der Waals surface area contributed by atoms with E-state index in [1.54, 1.807) is 12.1 Å². The molecule has 21 heavy (non-hydrogen) atoms. The minimum absolute atomic E-state index is 0.168. The van der Waals surface area contributed by atoms with E-state index < -0.39 is 0 Å². The summed E-state index contributed by atoms with van der Waals surface area (Å²) in [4.78, 5) is 2.18. The predicted octanol–water partition coefficient (Wildman–Crippen LogP) is 3.87. The highest BCUT2D eigenvalue weighted by Gasteiger charge is 2.13. The van der Waals surface area contributed by atoms with Gasteiger partial charge in [-0.15, -0.1) is 0 Å². The minimum Gasteiger partial charge on any atom is -0.311 e. The molecule has 0 saturated heterocycles. The third-order valence-corrected chi connectivity index (χ3v) is 3.75. The summed E-state index contributed by atoms with van der Waals surface area (Å²) in [5.74, 6) is -0.379. The summed E-state index contributed by atoms with van der Waals surface area (Å²) in [7, 11) is 4.13. The molecule has 0 radical (unpaired) electrons. The lowest BCUT2D eigenvalue weighted by atomic mass is 10.1. The van der Waals surface area contributed by atoms with Gasteiger partial charge in [0, 0.05) is 19.1 Å². The van der Waals surface area contributed by atoms with Gasteiger partial charge in [0.05, 0.1) is 5.02 Å². The quantitative estimate of drug-likeness (QED) is 0.871. The lowest BCUT2D eigenvalue weighted by Gasteiger charge is -2.25. The summed E-state index contributed by atoms with van der Waals surface area (Å²) in [5, 5.41) is 3.57. The van der Waals surface area contributed by atoms with Crippen molar-refractivity contribution in [3.63, 3.8) is 0 Å². The fourth-order valence-electron chi connectivity index (χ4n) is 2.28. The zero-order valence-electron chi connectivity index (χ0n) is 12.3. The van der Waals surface area contributed by atoms with Crippen LogP contribution in [0.3, 0.4) is 0 Å². The van der Waals surface area contributed by atoms with E-state index in [0.717, 1.165) is 12.1 Å². The number of hydrogen-bond acceptors (Lipinski definition) is 2. The van der Waals surface area contributed by atoms with Crippen LogP contribution >= 0.6 is 11.6 Å². The van der Waals surface area contributed by atoms with E-state index >= 15 is 0 Å². The van der Waals surface area contributed by atoms with Crippen LogP contribution in [0.2, 0.25) is 5.02 Å². The van der Waals surface area contributed by atoms with Gasteiger partial charge in [-0.1, -0.05) is 48.0 Å². The molecule has 0 saturated carbocycles. The molecule has 1 atom stereocenters. The van der Waals surface area contributed by atoms with Crippen LogP contribution in [0.1, 0.15) is 17.2 Å². The molecule has 0 aromatic heterocycles. The number of benzene rings is 2. The standard InChI is InChI=1S/C17H20ClFN2/c1-21(2)17(14-6-4-3-5-7-14)12-20-11-13-8-9-16(19)15(18)10-13/h3-10,17,20H,11-12H2,1-2H3. The van der Waals surface area contributed by atoms with Gasteiger partial charge in [0.1, 0.15) is 5.82 Å². The van der Waals surface area contributed by atoms with E-state index in [9.17, 15) is 4.39 Å². The van der Waals surface area contributed by atoms with Crippen LogP contribution in [0.25, 0.3) is 0 Å². The molecule has 2 rings (SSSR count). The van der Waals surface area contributed by atoms with Crippen molar-refractivity contribution < 1.29 is 4.39 Å². The van der Waals surface area contributed by atoms with Gasteiger partial charge >= 0.3 is 0 Å². The van der Waals surface area contributed by atoms with E-state index in [1.165, 1.54) is 11.6 Å². The first-order chi connectivity index (χ1) is 10.1. The highest BCUT2D eigenvalue weighted by Crippen LogP contribution is 2.18. The summed E-state index contributed by atoms with van der Waals surface area (Å²) < 4.78 is 13.1. The van der Waals surface area contributed by atoms with E-state index in [0.29, 0.717) is 12.6 Å². The Morgan fingerprint density at radius 3 is 2.48 bits per heavy atom. The number of hydrogen-bond donors (Lipinski definition) is 1. The van der Waals surface area contributed by atoms with Crippen molar-refractivity contribution in [2.45, 2.75) is 12.6 Å². The normalized spacial score (nSPS) is 12.6. The van der Waals surface area contributed by atoms with Crippen LogP contribution in [-0.2, 0) is 6.54 Å². The van der Waals surface area contributed by atoms with Crippen LogP contribution in [0.5, 0.6) is 0 Å². The first-order valence-electron chi connectivity index (χ1n) is 6.94. The van der Waals surface area contributed by atoms with Crippen molar-refractivity contribution in [1.29, 1.82) is 0 Å². The van der Waals surface area contributed by atoms with Crippen molar-refractivity contribution in [2.24, 2.45) is 0 Å². The van der Waals surface area contributed by atoms with Crippen molar-refractivity contribution in [3.05, 3.63) is 70.5 Å². The molecule has 0 aliphatic rings. The van der Waals surface area contributed by atoms with E-state index in [-0.39, 0.29) is 10.8 Å². The molecule has 2 nitrogen and oxygen atoms in total. The number of nitrogens with one attached hydrogen (secondary N) is 1. The third-order valence-electron chi connectivity index (χ3n) is 3.46. The second kappa shape index (κ2) is 7.55. The second-order valence-corrected chi connectivity index (χ2v) is 5.68. The summed E-state index contributed by atoms with van der Waals surface area (Å²) in [6.45, 7) is 1.48. The SMILES string of the molecule is CN(C)C(CNCc1ccc(F)c(Cl)c1)c1ccccc1. The van der Waals surface area contributed by atoms with Gasteiger partial charge in [-0.3, -0.25) is 0 Å². The zero-order valence-corrected chi connectivity index (χ0v) is 13.1. The van der Waals surface area contributed by atoms with E-state index in [4.69, 9.17) is 11.6 Å². The van der Waals surface area contributed by atoms with Gasteiger partial charge < -0.3 is 10.2 Å². The largest absolute Gasteiger partial charge is 0.311 e. The van der Waals surface area contributed by atoms with Gasteiger partial charge in [0.2, 0.25) is 0 Å². The number of rotatable bonds is 6. The van der Waals surface area contributed by atoms with E-state index in [1.807, 2.05) is 18.2 Å². The van der Waals surface area contributed by atoms with Crippen LogP contribution < -0.4 is 5.32 Å². The Bertz CT molecular complexity index is 572. The Morgan fingerprint density at radius 2 is 1.86 bits per heavy atom. The molecule has 0 spiro atoms. The molecule has 0 aliphatic carbocycles. The van der Waals surface area contributed by atoms with Gasteiger partial charge in [-0.2, -0.15) is 0 Å². The molecular formula is C17H20ClFN2. The van der Waals surface area contributed by atoms with Crippen LogP contribution in [-0.4, -0.2) is 25.5 Å². The maximum atomic E-state index is 13.1. The Kier molecular flexibility index (Phi) is 5.74. The molecule has 0 fully saturated rings. The Balaban J connectivity index is 1.95. The Morgan fingerprint density at radius 1 is 1.14 bits per heavy atom. The van der Waals surface area contributed by atoms with Crippen LogP contribution in [0, 0.1) is 5.82 Å². The first kappa shape index (κ1) is 16.0. The topological polar surface area (TPSA) is 15.3 Å². The van der Waals surface area contributed by atoms with Crippen LogP contribution in [0.4, 0.5) is 4.39 Å². The Labute approximate surface area is 130 Å². The fourth-order valence-corrected chi connectivity index (χ4v) is 2.48. The highest BCUT2D eigenvalue weighted by atomic mass is 35.5. The molecule has 2 aromatic rings. The summed E-state index contributed by atoms with van der Waals surface area (Å²) in [5.41, 5.74) is 2.25. The van der Waals surface area contributed by atoms with Crippen molar-refractivity contribution in [2.75, 3.05) is 20.6 Å². The summed E-state index contributed by atoms with van der Waals surface area (Å²) >= 11 is 5.79. The lowest BCUT2D eigenvalue weighted by Crippen LogP contribution is -2.30. The average Bonchev–Trinajstić information content (AvgIpc) is 2.48. The molecule has 2 aromatic carbocycles. The average molecular weight is 307 g/mol. The first-order valence-corrected chi connectivity index (χ1v) is 7.31. The Hall–Kier alpha value is -1.42.